The fourth-order valence-corrected chi connectivity index (χ4v) is 0.262. The topological polar surface area (TPSA) is 52.6 Å². The molecule has 0 aliphatic heterocycles. The van der Waals surface area contributed by atoms with Crippen molar-refractivity contribution in [2.75, 3.05) is 0 Å². The van der Waals surface area contributed by atoms with Gasteiger partial charge in [0.15, 0.2) is 0 Å². The van der Waals surface area contributed by atoms with Crippen LogP contribution in [0.15, 0.2) is 0 Å². The minimum absolute atomic E-state index is 2.40. The van der Waals surface area contributed by atoms with E-state index >= 15 is 0 Å². The van der Waals surface area contributed by atoms with Crippen molar-refractivity contribution in [3.8, 4) is 0 Å². The molecular formula is C4Cl2F6O4. The predicted molar refractivity (Wildman–Crippen MR) is 36.0 cm³/mol. The van der Waals surface area contributed by atoms with Gasteiger partial charge < -0.3 is 8.58 Å². The maximum Gasteiger partial charge on any atom is 0.492 e. The second-order valence-corrected chi connectivity index (χ2v) is 2.03. The van der Waals surface area contributed by atoms with Crippen LogP contribution in [0.1, 0.15) is 0 Å². The molecule has 0 heterocycles. The number of alkyl halides is 6. The third-order valence-corrected chi connectivity index (χ3v) is 0.883. The highest BCUT2D eigenvalue weighted by Gasteiger charge is 2.41. The van der Waals surface area contributed by atoms with Gasteiger partial charge in [0.1, 0.15) is 23.7 Å². The van der Waals surface area contributed by atoms with Crippen molar-refractivity contribution < 1.29 is 44.5 Å². The Hall–Kier alpha value is -0.900. The Labute approximate surface area is 93.3 Å². The van der Waals surface area contributed by atoms with Gasteiger partial charge in [-0.1, -0.05) is 0 Å². The minimum atomic E-state index is -4.98. The number of halogens is 8. The third kappa shape index (κ3) is 8.41. The van der Waals surface area contributed by atoms with Gasteiger partial charge in [0.25, 0.3) is 0 Å². The monoisotopic (exact) mass is 296 g/mol. The summed E-state index contributed by atoms with van der Waals surface area (Å²) in [5, 5.41) is 0. The lowest BCUT2D eigenvalue weighted by Crippen LogP contribution is -2.22. The fraction of sp³-hybridized carbons (Fsp3) is 0.500. The maximum absolute atomic E-state index is 10.9. The Bertz CT molecular complexity index is 222. The first kappa shape index (κ1) is 17.5. The van der Waals surface area contributed by atoms with Crippen LogP contribution < -0.4 is 0 Å². The van der Waals surface area contributed by atoms with Crippen LogP contribution in [0.3, 0.4) is 0 Å². The van der Waals surface area contributed by atoms with Crippen molar-refractivity contribution in [1.29, 1.82) is 0 Å². The number of rotatable bonds is 0. The highest BCUT2D eigenvalue weighted by molar-refractivity contribution is 6.14. The van der Waals surface area contributed by atoms with Crippen molar-refractivity contribution in [1.82, 2.24) is 0 Å². The summed E-state index contributed by atoms with van der Waals surface area (Å²) < 4.78 is 71.0. The van der Waals surface area contributed by atoms with Gasteiger partial charge in [-0.25, -0.2) is 9.59 Å². The van der Waals surface area contributed by atoms with E-state index in [4.69, 9.17) is 0 Å². The van der Waals surface area contributed by atoms with Crippen LogP contribution >= 0.6 is 23.7 Å². The zero-order chi connectivity index (χ0) is 13.6. The molecule has 0 aliphatic carbocycles. The van der Waals surface area contributed by atoms with Gasteiger partial charge in [-0.15, -0.1) is 0 Å². The quantitative estimate of drug-likeness (QED) is 0.645. The van der Waals surface area contributed by atoms with E-state index in [2.05, 4.69) is 32.3 Å². The van der Waals surface area contributed by atoms with Crippen molar-refractivity contribution in [2.45, 2.75) is 12.4 Å². The lowest BCUT2D eigenvalue weighted by Gasteiger charge is -1.97. The largest absolute Gasteiger partial charge is 0.492 e. The Morgan fingerprint density at radius 1 is 0.750 bits per heavy atom. The summed E-state index contributed by atoms with van der Waals surface area (Å²) in [4.78, 5) is 18.7. The van der Waals surface area contributed by atoms with Crippen LogP contribution in [-0.2, 0) is 18.2 Å². The number of carbonyl (C=O) groups is 2. The molecular weight excluding hydrogens is 297 g/mol. The second-order valence-electron chi connectivity index (χ2n) is 1.72. The zero-order valence-corrected chi connectivity index (χ0v) is 8.17. The molecule has 0 aromatic carbocycles. The molecule has 0 fully saturated rings. The molecule has 12 heteroatoms. The van der Waals surface area contributed by atoms with E-state index in [-0.39, 0.29) is 0 Å². The van der Waals surface area contributed by atoms with Crippen LogP contribution in [0, 0.1) is 0 Å². The van der Waals surface area contributed by atoms with E-state index < -0.39 is 24.3 Å². The first-order chi connectivity index (χ1) is 6.96. The molecule has 0 radical (unpaired) electrons. The summed E-state index contributed by atoms with van der Waals surface area (Å²) in [5.41, 5.74) is 0. The molecule has 96 valence electrons. The van der Waals surface area contributed by atoms with Gasteiger partial charge >= 0.3 is 24.3 Å². The first-order valence-electron chi connectivity index (χ1n) is 2.76. The van der Waals surface area contributed by atoms with Gasteiger partial charge in [-0.2, -0.15) is 26.3 Å². The summed E-state index contributed by atoms with van der Waals surface area (Å²) in [6.07, 6.45) is -9.97. The third-order valence-electron chi connectivity index (χ3n) is 0.603. The molecule has 0 saturated carbocycles. The summed E-state index contributed by atoms with van der Waals surface area (Å²) in [6, 6.07) is 0. The zero-order valence-electron chi connectivity index (χ0n) is 6.66. The summed E-state index contributed by atoms with van der Waals surface area (Å²) >= 11 is 8.13. The van der Waals surface area contributed by atoms with Crippen LogP contribution in [-0.4, -0.2) is 24.3 Å². The van der Waals surface area contributed by atoms with Crippen LogP contribution in [0.5, 0.6) is 0 Å². The smallest absolute Gasteiger partial charge is 0.340 e. The summed E-state index contributed by atoms with van der Waals surface area (Å²) in [7, 11) is 0. The molecule has 0 N–H and O–H groups in total. The Morgan fingerprint density at radius 2 is 0.938 bits per heavy atom. The van der Waals surface area contributed by atoms with E-state index in [1.165, 1.54) is 0 Å². The summed E-state index contributed by atoms with van der Waals surface area (Å²) in [5.74, 6) is -4.81. The minimum Gasteiger partial charge on any atom is -0.340 e. The Balaban J connectivity index is 0. The SMILES string of the molecule is O=C(OCl)C(F)(F)F.O=C(OCl)C(F)(F)F. The van der Waals surface area contributed by atoms with Crippen LogP contribution in [0.4, 0.5) is 26.3 Å². The van der Waals surface area contributed by atoms with Gasteiger partial charge in [0.05, 0.1) is 0 Å². The molecule has 0 aliphatic rings. The fourth-order valence-electron chi connectivity index (χ4n) is 0.0875. The highest BCUT2D eigenvalue weighted by atomic mass is 35.5. The molecule has 0 atom stereocenters. The standard InChI is InChI=1S/2C2ClF3O2/c2*3-8-1(7)2(4,5)6. The average molecular weight is 297 g/mol. The van der Waals surface area contributed by atoms with Crippen molar-refractivity contribution in [2.24, 2.45) is 0 Å². The Morgan fingerprint density at radius 3 is 0.938 bits per heavy atom. The van der Waals surface area contributed by atoms with Crippen LogP contribution in [0.2, 0.25) is 0 Å². The van der Waals surface area contributed by atoms with E-state index in [9.17, 15) is 35.9 Å². The molecule has 0 amide bonds. The molecule has 16 heavy (non-hydrogen) atoms. The molecule has 0 unspecified atom stereocenters. The first-order valence-corrected chi connectivity index (χ1v) is 3.38. The highest BCUT2D eigenvalue weighted by Crippen LogP contribution is 2.17. The second kappa shape index (κ2) is 6.63. The molecule has 0 aromatic heterocycles. The van der Waals surface area contributed by atoms with E-state index in [0.717, 1.165) is 0 Å². The normalized spacial score (nSPS) is 11.0. The average Bonchev–Trinajstić information content (AvgIpc) is 2.13. The molecule has 0 aromatic rings. The summed E-state index contributed by atoms with van der Waals surface area (Å²) in [6.45, 7) is 0. The molecule has 0 bridgehead atoms. The molecule has 0 saturated heterocycles. The van der Waals surface area contributed by atoms with E-state index in [1.54, 1.807) is 0 Å². The lowest BCUT2D eigenvalue weighted by atomic mass is 10.7. The van der Waals surface area contributed by atoms with Gasteiger partial charge in [0, 0.05) is 0 Å². The van der Waals surface area contributed by atoms with Gasteiger partial charge in [-0.05, 0) is 0 Å². The van der Waals surface area contributed by atoms with Gasteiger partial charge in [0.2, 0.25) is 0 Å². The van der Waals surface area contributed by atoms with Crippen molar-refractivity contribution in [3.63, 3.8) is 0 Å². The van der Waals surface area contributed by atoms with Crippen molar-refractivity contribution in [3.05, 3.63) is 0 Å². The Kier molecular flexibility index (Phi) is 7.25. The number of carbonyl (C=O) groups excluding carboxylic acids is 2. The molecule has 0 spiro atoms. The predicted octanol–water partition coefficient (Wildman–Crippen LogP) is 2.49. The van der Waals surface area contributed by atoms with Gasteiger partial charge in [-0.3, -0.25) is 0 Å². The van der Waals surface area contributed by atoms with Crippen LogP contribution in [0.25, 0.3) is 0 Å². The molecule has 4 nitrogen and oxygen atoms in total. The van der Waals surface area contributed by atoms with E-state index in [1.807, 2.05) is 0 Å². The van der Waals surface area contributed by atoms with Crippen molar-refractivity contribution >= 4 is 35.7 Å². The number of hydrogen-bond acceptors (Lipinski definition) is 4. The molecule has 0 rings (SSSR count). The maximum atomic E-state index is 10.9. The van der Waals surface area contributed by atoms with E-state index in [0.29, 0.717) is 0 Å². The lowest BCUT2D eigenvalue weighted by molar-refractivity contribution is -0.189. The number of hydrogen-bond donors (Lipinski definition) is 0.